The molecule has 0 radical (unpaired) electrons. The fourth-order valence-corrected chi connectivity index (χ4v) is 2.22. The zero-order valence-corrected chi connectivity index (χ0v) is 9.99. The van der Waals surface area contributed by atoms with E-state index < -0.39 is 5.97 Å². The number of hydrogen-bond acceptors (Lipinski definition) is 5. The van der Waals surface area contributed by atoms with Crippen molar-refractivity contribution in [3.05, 3.63) is 40.0 Å². The second-order valence-electron chi connectivity index (χ2n) is 3.44. The van der Waals surface area contributed by atoms with Gasteiger partial charge in [-0.1, -0.05) is 0 Å². The maximum atomic E-state index is 10.9. The summed E-state index contributed by atoms with van der Waals surface area (Å²) in [6, 6.07) is 2.02. The van der Waals surface area contributed by atoms with Crippen LogP contribution in [0.5, 0.6) is 0 Å². The summed E-state index contributed by atoms with van der Waals surface area (Å²) in [6.45, 7) is 2.57. The largest absolute Gasteiger partial charge is 0.476 e. The molecule has 0 aliphatic heterocycles. The molecule has 5 nitrogen and oxygen atoms in total. The lowest BCUT2D eigenvalue weighted by atomic mass is 10.3. The summed E-state index contributed by atoms with van der Waals surface area (Å²) in [5, 5.41) is 13.9. The molecule has 0 amide bonds. The number of anilines is 1. The van der Waals surface area contributed by atoms with Crippen LogP contribution in [-0.2, 0) is 6.54 Å². The molecule has 88 valence electrons. The van der Waals surface area contributed by atoms with E-state index >= 15 is 0 Å². The zero-order valence-electron chi connectivity index (χ0n) is 9.17. The van der Waals surface area contributed by atoms with Gasteiger partial charge in [-0.05, 0) is 23.9 Å². The number of hydrogen-bond donors (Lipinski definition) is 2. The Morgan fingerprint density at radius 1 is 1.47 bits per heavy atom. The van der Waals surface area contributed by atoms with E-state index in [1.165, 1.54) is 18.0 Å². The molecule has 0 spiro atoms. The number of aryl methyl sites for hydroxylation is 1. The number of rotatable bonds is 4. The molecule has 0 aliphatic rings. The molecule has 2 aromatic rings. The van der Waals surface area contributed by atoms with Crippen LogP contribution in [0, 0.1) is 6.92 Å². The second kappa shape index (κ2) is 4.92. The van der Waals surface area contributed by atoms with Crippen LogP contribution < -0.4 is 5.32 Å². The van der Waals surface area contributed by atoms with Crippen LogP contribution in [0.1, 0.15) is 20.9 Å². The Balaban J connectivity index is 2.14. The third-order valence-corrected chi connectivity index (χ3v) is 3.31. The first-order valence-corrected chi connectivity index (χ1v) is 5.87. The molecule has 0 atom stereocenters. The van der Waals surface area contributed by atoms with E-state index in [-0.39, 0.29) is 5.69 Å². The third-order valence-electron chi connectivity index (χ3n) is 2.29. The summed E-state index contributed by atoms with van der Waals surface area (Å²) in [6.07, 6.45) is 2.83. The molecular weight excluding hydrogens is 238 g/mol. The van der Waals surface area contributed by atoms with Crippen LogP contribution in [0.25, 0.3) is 0 Å². The van der Waals surface area contributed by atoms with Gasteiger partial charge in [-0.2, -0.15) is 0 Å². The predicted molar refractivity (Wildman–Crippen MR) is 65.4 cm³/mol. The first-order chi connectivity index (χ1) is 8.18. The maximum absolute atomic E-state index is 10.9. The minimum atomic E-state index is -1.08. The van der Waals surface area contributed by atoms with E-state index in [4.69, 9.17) is 5.11 Å². The van der Waals surface area contributed by atoms with Gasteiger partial charge in [0.25, 0.3) is 0 Å². The highest BCUT2D eigenvalue weighted by Crippen LogP contribution is 2.17. The lowest BCUT2D eigenvalue weighted by molar-refractivity contribution is 0.0691. The van der Waals surface area contributed by atoms with Crippen molar-refractivity contribution in [3.63, 3.8) is 0 Å². The molecule has 0 fully saturated rings. The highest BCUT2D eigenvalue weighted by Gasteiger charge is 2.12. The topological polar surface area (TPSA) is 75.1 Å². The Labute approximate surface area is 102 Å². The third kappa shape index (κ3) is 2.59. The first kappa shape index (κ1) is 11.5. The number of carbonyl (C=O) groups is 1. The van der Waals surface area contributed by atoms with Crippen LogP contribution in [0.2, 0.25) is 0 Å². The molecule has 6 heteroatoms. The molecule has 0 bridgehead atoms. The van der Waals surface area contributed by atoms with Crippen LogP contribution in [0.3, 0.4) is 0 Å². The monoisotopic (exact) mass is 249 g/mol. The fourth-order valence-electron chi connectivity index (χ4n) is 1.37. The van der Waals surface area contributed by atoms with E-state index in [1.807, 2.05) is 18.4 Å². The average molecular weight is 249 g/mol. The average Bonchev–Trinajstić information content (AvgIpc) is 2.72. The van der Waals surface area contributed by atoms with Crippen molar-refractivity contribution in [2.45, 2.75) is 13.5 Å². The number of thiophene rings is 1. The van der Waals surface area contributed by atoms with Crippen molar-refractivity contribution < 1.29 is 9.90 Å². The summed E-state index contributed by atoms with van der Waals surface area (Å²) >= 11 is 1.62. The van der Waals surface area contributed by atoms with E-state index in [0.29, 0.717) is 12.4 Å². The van der Waals surface area contributed by atoms with Gasteiger partial charge in [-0.25, -0.2) is 14.8 Å². The van der Waals surface area contributed by atoms with Gasteiger partial charge in [0.05, 0.1) is 6.54 Å². The van der Waals surface area contributed by atoms with Crippen molar-refractivity contribution >= 4 is 23.1 Å². The van der Waals surface area contributed by atoms with Gasteiger partial charge in [0, 0.05) is 17.3 Å². The van der Waals surface area contributed by atoms with Gasteiger partial charge in [-0.3, -0.25) is 0 Å². The molecule has 0 saturated heterocycles. The van der Waals surface area contributed by atoms with Crippen molar-refractivity contribution in [1.82, 2.24) is 9.97 Å². The molecule has 17 heavy (non-hydrogen) atoms. The van der Waals surface area contributed by atoms with E-state index in [1.54, 1.807) is 11.3 Å². The lowest BCUT2D eigenvalue weighted by Gasteiger charge is -2.06. The van der Waals surface area contributed by atoms with Crippen molar-refractivity contribution in [3.8, 4) is 0 Å². The molecule has 2 rings (SSSR count). The fraction of sp³-hybridized carbons (Fsp3) is 0.182. The normalized spacial score (nSPS) is 10.2. The van der Waals surface area contributed by atoms with E-state index in [9.17, 15) is 4.79 Å². The maximum Gasteiger partial charge on any atom is 0.358 e. The standard InChI is InChI=1S/C11H11N3O2S/c1-7-2-5-17-8(7)6-14-10-9(11(15)16)12-3-4-13-10/h2-5H,6H2,1H3,(H,13,14)(H,15,16). The number of nitrogens with zero attached hydrogens (tertiary/aromatic N) is 2. The van der Waals surface area contributed by atoms with Crippen molar-refractivity contribution in [2.75, 3.05) is 5.32 Å². The minimum absolute atomic E-state index is 0.0540. The molecule has 2 heterocycles. The molecule has 2 aromatic heterocycles. The number of carboxylic acid groups (broad SMARTS) is 1. The Kier molecular flexibility index (Phi) is 3.34. The Morgan fingerprint density at radius 2 is 2.24 bits per heavy atom. The van der Waals surface area contributed by atoms with Crippen molar-refractivity contribution in [2.24, 2.45) is 0 Å². The summed E-state index contributed by atoms with van der Waals surface area (Å²) in [5.74, 6) is -0.781. The highest BCUT2D eigenvalue weighted by molar-refractivity contribution is 7.10. The quantitative estimate of drug-likeness (QED) is 0.868. The highest BCUT2D eigenvalue weighted by atomic mass is 32.1. The molecule has 0 saturated carbocycles. The molecular formula is C11H11N3O2S. The van der Waals surface area contributed by atoms with Gasteiger partial charge in [0.2, 0.25) is 0 Å². The van der Waals surface area contributed by atoms with Crippen LogP contribution in [0.15, 0.2) is 23.8 Å². The number of aromatic carboxylic acids is 1. The van der Waals surface area contributed by atoms with Gasteiger partial charge < -0.3 is 10.4 Å². The summed E-state index contributed by atoms with van der Waals surface area (Å²) in [5.41, 5.74) is 1.13. The molecule has 0 unspecified atom stereocenters. The van der Waals surface area contributed by atoms with Gasteiger partial charge in [-0.15, -0.1) is 11.3 Å². The first-order valence-electron chi connectivity index (χ1n) is 4.99. The van der Waals surface area contributed by atoms with Gasteiger partial charge in [0.1, 0.15) is 0 Å². The van der Waals surface area contributed by atoms with Crippen molar-refractivity contribution in [1.29, 1.82) is 0 Å². The van der Waals surface area contributed by atoms with Crippen LogP contribution in [0.4, 0.5) is 5.82 Å². The Hall–Kier alpha value is -1.95. The molecule has 0 aromatic carbocycles. The number of aromatic nitrogens is 2. The van der Waals surface area contributed by atoms with Crippen LogP contribution in [-0.4, -0.2) is 21.0 Å². The summed E-state index contributed by atoms with van der Waals surface area (Å²) < 4.78 is 0. The van der Waals surface area contributed by atoms with Gasteiger partial charge in [0.15, 0.2) is 11.5 Å². The SMILES string of the molecule is Cc1ccsc1CNc1nccnc1C(=O)O. The Bertz CT molecular complexity index is 539. The molecule has 0 aliphatic carbocycles. The zero-order chi connectivity index (χ0) is 12.3. The van der Waals surface area contributed by atoms with Crippen LogP contribution >= 0.6 is 11.3 Å². The lowest BCUT2D eigenvalue weighted by Crippen LogP contribution is -2.09. The smallest absolute Gasteiger partial charge is 0.358 e. The predicted octanol–water partition coefficient (Wildman–Crippen LogP) is 2.16. The molecule has 2 N–H and O–H groups in total. The minimum Gasteiger partial charge on any atom is -0.476 e. The number of nitrogens with one attached hydrogen (secondary N) is 1. The summed E-state index contributed by atoms with van der Waals surface area (Å²) in [4.78, 5) is 19.8. The summed E-state index contributed by atoms with van der Waals surface area (Å²) in [7, 11) is 0. The van der Waals surface area contributed by atoms with E-state index in [0.717, 1.165) is 4.88 Å². The van der Waals surface area contributed by atoms with Gasteiger partial charge >= 0.3 is 5.97 Å². The second-order valence-corrected chi connectivity index (χ2v) is 4.44. The Morgan fingerprint density at radius 3 is 2.88 bits per heavy atom. The van der Waals surface area contributed by atoms with E-state index in [2.05, 4.69) is 15.3 Å². The number of carboxylic acids is 1.